The van der Waals surface area contributed by atoms with Crippen molar-refractivity contribution in [2.24, 2.45) is 5.92 Å². The molecule has 2 aromatic carbocycles. The molecule has 11 nitrogen and oxygen atoms in total. The first-order valence-electron chi connectivity index (χ1n) is 14.7. The summed E-state index contributed by atoms with van der Waals surface area (Å²) >= 11 is 0. The lowest BCUT2D eigenvalue weighted by atomic mass is 10.1. The Balaban J connectivity index is 1.26. The van der Waals surface area contributed by atoms with Gasteiger partial charge in [0.15, 0.2) is 0 Å². The molecule has 6 rings (SSSR count). The molecule has 2 N–H and O–H groups in total. The molecule has 3 aromatic rings. The fourth-order valence-electron chi connectivity index (χ4n) is 5.85. The van der Waals surface area contributed by atoms with Crippen LogP contribution in [-0.4, -0.2) is 72.6 Å². The first-order valence-corrected chi connectivity index (χ1v) is 16.3. The van der Waals surface area contributed by atoms with Crippen LogP contribution in [0, 0.1) is 5.92 Å². The Labute approximate surface area is 261 Å². The highest BCUT2D eigenvalue weighted by molar-refractivity contribution is 7.91. The number of benzene rings is 2. The molecular formula is C33H34N4O7S. The van der Waals surface area contributed by atoms with Crippen LogP contribution in [0.2, 0.25) is 0 Å². The normalized spacial score (nSPS) is 24.0. The van der Waals surface area contributed by atoms with Crippen molar-refractivity contribution < 1.29 is 32.3 Å². The topological polar surface area (TPSA) is 144 Å². The summed E-state index contributed by atoms with van der Waals surface area (Å²) in [6.45, 7) is 7.41. The van der Waals surface area contributed by atoms with Crippen molar-refractivity contribution >= 4 is 38.6 Å². The summed E-state index contributed by atoms with van der Waals surface area (Å²) in [7, 11) is -2.25. The fraction of sp³-hybridized carbons (Fsp3) is 0.333. The lowest BCUT2D eigenvalue weighted by molar-refractivity contribution is -0.137. The number of nitrogens with one attached hydrogen (secondary N) is 2. The van der Waals surface area contributed by atoms with Gasteiger partial charge in [0, 0.05) is 35.4 Å². The van der Waals surface area contributed by atoms with Crippen molar-refractivity contribution in [3.8, 4) is 22.8 Å². The van der Waals surface area contributed by atoms with Crippen LogP contribution in [-0.2, 0) is 24.4 Å². The number of ether oxygens (including phenoxy) is 2. The molecule has 0 spiro atoms. The zero-order chi connectivity index (χ0) is 31.9. The predicted molar refractivity (Wildman–Crippen MR) is 168 cm³/mol. The molecule has 3 amide bonds. The van der Waals surface area contributed by atoms with Gasteiger partial charge in [-0.05, 0) is 37.5 Å². The highest BCUT2D eigenvalue weighted by atomic mass is 32.2. The molecule has 0 radical (unpaired) electrons. The largest absolute Gasteiger partial charge is 0.497 e. The van der Waals surface area contributed by atoms with Crippen molar-refractivity contribution in [2.75, 3.05) is 13.7 Å². The number of carbonyl (C=O) groups excluding carboxylic acids is 3. The number of pyridine rings is 1. The number of hydrogen-bond donors (Lipinski definition) is 2. The molecule has 2 aliphatic carbocycles. The molecule has 45 heavy (non-hydrogen) atoms. The molecule has 2 heterocycles. The van der Waals surface area contributed by atoms with E-state index in [-0.39, 0.29) is 19.4 Å². The van der Waals surface area contributed by atoms with Crippen molar-refractivity contribution in [3.63, 3.8) is 0 Å². The minimum atomic E-state index is -3.83. The van der Waals surface area contributed by atoms with Crippen molar-refractivity contribution in [1.82, 2.24) is 19.9 Å². The summed E-state index contributed by atoms with van der Waals surface area (Å²) in [5.41, 5.74) is 0.743. The van der Waals surface area contributed by atoms with Gasteiger partial charge in [0.25, 0.3) is 5.91 Å². The number of hydrogen-bond acceptors (Lipinski definition) is 8. The van der Waals surface area contributed by atoms with Crippen molar-refractivity contribution in [3.05, 3.63) is 79.9 Å². The lowest BCUT2D eigenvalue weighted by Gasteiger charge is -2.25. The number of amides is 3. The van der Waals surface area contributed by atoms with Crippen LogP contribution in [0.3, 0.4) is 0 Å². The highest BCUT2D eigenvalue weighted by Crippen LogP contribution is 2.45. The maximum atomic E-state index is 13.7. The third-order valence-corrected chi connectivity index (χ3v) is 10.4. The van der Waals surface area contributed by atoms with Gasteiger partial charge in [0.05, 0.1) is 30.1 Å². The summed E-state index contributed by atoms with van der Waals surface area (Å²) in [5.74, 6) is -1.16. The van der Waals surface area contributed by atoms with Crippen LogP contribution < -0.4 is 19.5 Å². The molecule has 4 atom stereocenters. The maximum Gasteiger partial charge on any atom is 0.259 e. The van der Waals surface area contributed by atoms with Gasteiger partial charge in [-0.2, -0.15) is 0 Å². The number of likely N-dealkylation sites (tertiary alicyclic amines) is 1. The van der Waals surface area contributed by atoms with Gasteiger partial charge < -0.3 is 19.7 Å². The first-order chi connectivity index (χ1) is 21.6. The Bertz CT molecular complexity index is 1810. The Morgan fingerprint density at radius 2 is 1.84 bits per heavy atom. The molecule has 1 saturated heterocycles. The van der Waals surface area contributed by atoms with Crippen LogP contribution in [0.5, 0.6) is 11.5 Å². The quantitative estimate of drug-likeness (QED) is 0.243. The second kappa shape index (κ2) is 11.7. The minimum Gasteiger partial charge on any atom is -0.497 e. The number of aromatic nitrogens is 1. The second-order valence-electron chi connectivity index (χ2n) is 11.6. The highest BCUT2D eigenvalue weighted by Gasteiger charge is 2.61. The van der Waals surface area contributed by atoms with E-state index < -0.39 is 56.6 Å². The zero-order valence-corrected chi connectivity index (χ0v) is 25.6. The molecule has 3 aliphatic rings. The van der Waals surface area contributed by atoms with Gasteiger partial charge in [-0.1, -0.05) is 43.0 Å². The molecule has 1 aliphatic heterocycles. The number of methoxy groups -OCH3 is 1. The Morgan fingerprint density at radius 1 is 1.09 bits per heavy atom. The van der Waals surface area contributed by atoms with E-state index in [1.807, 2.05) is 48.5 Å². The zero-order valence-electron chi connectivity index (χ0n) is 24.8. The van der Waals surface area contributed by atoms with E-state index in [1.54, 1.807) is 13.2 Å². The summed E-state index contributed by atoms with van der Waals surface area (Å²) in [5, 5.41) is 2.89. The lowest BCUT2D eigenvalue weighted by Crippen LogP contribution is -2.56. The van der Waals surface area contributed by atoms with Crippen LogP contribution in [0.4, 0.5) is 0 Å². The summed E-state index contributed by atoms with van der Waals surface area (Å²) in [6, 6.07) is 15.9. The Hall–Kier alpha value is -4.71. The van der Waals surface area contributed by atoms with E-state index in [9.17, 15) is 22.8 Å². The Kier molecular flexibility index (Phi) is 7.86. The molecule has 2 saturated carbocycles. The first kappa shape index (κ1) is 30.3. The second-order valence-corrected chi connectivity index (χ2v) is 13.6. The smallest absolute Gasteiger partial charge is 0.259 e. The molecule has 12 heteroatoms. The standard InChI is InChI=1S/C33H34N4O7S/c1-4-21-18-33(21,32(40)36-45(41,42)24-12-13-24)35-31(39)28-16-23(19-37(28)30(38)5-2)44-29-17-26(20-9-7-6-8-10-20)34-27-15-22(43-3)11-14-25(27)29/h4-11,14-15,17,21,23-24,28H,1-2,12-13,16,18-19H2,3H3,(H,35,39)(H,36,40)/t21-,23?,28+,33-/m1/s1. The SMILES string of the molecule is C=CC(=O)N1CC(Oc2cc(-c3ccccc3)nc3cc(OC)ccc23)C[C@H]1C(=O)N[C@]1(C(=O)NS(=O)(=O)C2CC2)C[C@H]1C=C. The third kappa shape index (κ3) is 5.89. The molecule has 234 valence electrons. The summed E-state index contributed by atoms with van der Waals surface area (Å²) in [6.07, 6.45) is 3.36. The van der Waals surface area contributed by atoms with Crippen molar-refractivity contribution in [1.29, 1.82) is 0 Å². The average molecular weight is 631 g/mol. The van der Waals surface area contributed by atoms with E-state index in [4.69, 9.17) is 14.5 Å². The van der Waals surface area contributed by atoms with Gasteiger partial charge in [-0.3, -0.25) is 19.1 Å². The predicted octanol–water partition coefficient (Wildman–Crippen LogP) is 3.11. The van der Waals surface area contributed by atoms with Crippen LogP contribution in [0.15, 0.2) is 79.9 Å². The van der Waals surface area contributed by atoms with Crippen LogP contribution >= 0.6 is 0 Å². The van der Waals surface area contributed by atoms with Crippen LogP contribution in [0.25, 0.3) is 22.2 Å². The third-order valence-electron chi connectivity index (χ3n) is 8.61. The van der Waals surface area contributed by atoms with E-state index in [0.29, 0.717) is 35.6 Å². The number of nitrogens with zero attached hydrogens (tertiary/aromatic N) is 2. The number of carbonyl (C=O) groups is 3. The number of rotatable bonds is 11. The molecule has 0 bridgehead atoms. The molecule has 1 unspecified atom stereocenters. The van der Waals surface area contributed by atoms with E-state index in [0.717, 1.165) is 17.0 Å². The van der Waals surface area contributed by atoms with Gasteiger partial charge >= 0.3 is 0 Å². The number of fused-ring (bicyclic) bond motifs is 1. The van der Waals surface area contributed by atoms with E-state index >= 15 is 0 Å². The number of sulfonamides is 1. The summed E-state index contributed by atoms with van der Waals surface area (Å²) in [4.78, 5) is 46.1. The maximum absolute atomic E-state index is 13.7. The van der Waals surface area contributed by atoms with Crippen LogP contribution in [0.1, 0.15) is 25.7 Å². The van der Waals surface area contributed by atoms with Crippen molar-refractivity contribution in [2.45, 2.75) is 48.6 Å². The fourth-order valence-corrected chi connectivity index (χ4v) is 7.21. The van der Waals surface area contributed by atoms with Gasteiger partial charge in [0.1, 0.15) is 29.2 Å². The Morgan fingerprint density at radius 3 is 2.49 bits per heavy atom. The van der Waals surface area contributed by atoms with Gasteiger partial charge in [-0.15, -0.1) is 6.58 Å². The molecule has 3 fully saturated rings. The minimum absolute atomic E-state index is 0.0870. The summed E-state index contributed by atoms with van der Waals surface area (Å²) < 4.78 is 39.0. The van der Waals surface area contributed by atoms with E-state index in [2.05, 4.69) is 23.2 Å². The molecule has 1 aromatic heterocycles. The average Bonchev–Trinajstić information content (AvgIpc) is 3.97. The molecular weight excluding hydrogens is 596 g/mol. The van der Waals surface area contributed by atoms with Gasteiger partial charge in [-0.25, -0.2) is 13.4 Å². The van der Waals surface area contributed by atoms with E-state index in [1.165, 1.54) is 11.0 Å². The monoisotopic (exact) mass is 630 g/mol. The van der Waals surface area contributed by atoms with Gasteiger partial charge in [0.2, 0.25) is 21.8 Å².